The second-order valence-electron chi connectivity index (χ2n) is 6.11. The van der Waals surface area contributed by atoms with E-state index in [9.17, 15) is 13.2 Å². The van der Waals surface area contributed by atoms with Crippen LogP contribution in [0, 0.1) is 0 Å². The van der Waals surface area contributed by atoms with E-state index in [0.29, 0.717) is 13.2 Å². The molecule has 0 spiro atoms. The van der Waals surface area contributed by atoms with Crippen LogP contribution in [0.15, 0.2) is 29.3 Å². The second-order valence-corrected chi connectivity index (χ2v) is 6.11. The molecule has 0 radical (unpaired) electrons. The Morgan fingerprint density at radius 1 is 1.36 bits per heavy atom. The number of carboxylic acid groups (broad SMARTS) is 1. The van der Waals surface area contributed by atoms with E-state index < -0.39 is 12.1 Å². The van der Waals surface area contributed by atoms with E-state index in [1.165, 1.54) is 11.3 Å². The lowest BCUT2D eigenvalue weighted by Gasteiger charge is -2.19. The predicted molar refractivity (Wildman–Crippen MR) is 90.1 cm³/mol. The maximum Gasteiger partial charge on any atom is 0.490 e. The van der Waals surface area contributed by atoms with E-state index in [2.05, 4.69) is 14.5 Å². The molecule has 2 N–H and O–H groups in total. The summed E-state index contributed by atoms with van der Waals surface area (Å²) in [5.41, 5.74) is 3.39. The highest BCUT2D eigenvalue weighted by Crippen LogP contribution is 2.19. The third kappa shape index (κ3) is 6.66. The Hall–Kier alpha value is -2.37. The molecule has 3 heterocycles. The SMILES string of the molecule is O=C(O)C(F)(F)F.OCCOCc1ncn2c1CN(Cc1ccoc1)CCC2. The number of aryl methyl sites for hydroxylation is 1. The van der Waals surface area contributed by atoms with Crippen LogP contribution in [-0.4, -0.2) is 56.6 Å². The minimum absolute atomic E-state index is 0.0443. The van der Waals surface area contributed by atoms with E-state index in [1.807, 2.05) is 12.4 Å². The average molecular weight is 405 g/mol. The monoisotopic (exact) mass is 405 g/mol. The molecule has 156 valence electrons. The van der Waals surface area contributed by atoms with Crippen LogP contribution in [0.5, 0.6) is 0 Å². The van der Waals surface area contributed by atoms with Gasteiger partial charge in [0.1, 0.15) is 0 Å². The van der Waals surface area contributed by atoms with Crippen LogP contribution < -0.4 is 0 Å². The first-order chi connectivity index (χ1) is 13.3. The predicted octanol–water partition coefficient (Wildman–Crippen LogP) is 2.02. The largest absolute Gasteiger partial charge is 0.490 e. The fourth-order valence-electron chi connectivity index (χ4n) is 2.71. The van der Waals surface area contributed by atoms with Crippen LogP contribution in [0.1, 0.15) is 23.4 Å². The summed E-state index contributed by atoms with van der Waals surface area (Å²) in [6.45, 7) is 4.66. The molecule has 0 saturated carbocycles. The summed E-state index contributed by atoms with van der Waals surface area (Å²) in [7, 11) is 0. The number of hydrogen-bond acceptors (Lipinski definition) is 6. The summed E-state index contributed by atoms with van der Waals surface area (Å²) >= 11 is 0. The lowest BCUT2D eigenvalue weighted by molar-refractivity contribution is -0.192. The van der Waals surface area contributed by atoms with Crippen molar-refractivity contribution in [3.63, 3.8) is 0 Å². The molecule has 0 atom stereocenters. The number of aromatic nitrogens is 2. The van der Waals surface area contributed by atoms with Crippen molar-refractivity contribution in [1.29, 1.82) is 0 Å². The highest BCUT2D eigenvalue weighted by molar-refractivity contribution is 5.73. The Labute approximate surface area is 159 Å². The van der Waals surface area contributed by atoms with Gasteiger partial charge in [0, 0.05) is 31.7 Å². The minimum Gasteiger partial charge on any atom is -0.475 e. The van der Waals surface area contributed by atoms with Crippen molar-refractivity contribution < 1.29 is 37.3 Å². The zero-order valence-corrected chi connectivity index (χ0v) is 15.1. The lowest BCUT2D eigenvalue weighted by Crippen LogP contribution is -2.23. The summed E-state index contributed by atoms with van der Waals surface area (Å²) in [6, 6.07) is 2.01. The number of halogens is 3. The maximum absolute atomic E-state index is 10.6. The molecule has 2 aromatic heterocycles. The van der Waals surface area contributed by atoms with Crippen LogP contribution >= 0.6 is 0 Å². The first-order valence-corrected chi connectivity index (χ1v) is 8.56. The molecule has 3 rings (SSSR count). The summed E-state index contributed by atoms with van der Waals surface area (Å²) in [6.07, 6.45) is 1.44. The van der Waals surface area contributed by atoms with Gasteiger partial charge in [-0.3, -0.25) is 4.90 Å². The molecular weight excluding hydrogens is 383 g/mol. The van der Waals surface area contributed by atoms with Gasteiger partial charge < -0.3 is 23.9 Å². The van der Waals surface area contributed by atoms with Gasteiger partial charge in [-0.05, 0) is 12.5 Å². The van der Waals surface area contributed by atoms with Gasteiger partial charge in [-0.1, -0.05) is 0 Å². The number of furan rings is 1. The van der Waals surface area contributed by atoms with E-state index in [4.69, 9.17) is 24.2 Å². The van der Waals surface area contributed by atoms with Gasteiger partial charge in [-0.15, -0.1) is 0 Å². The Balaban J connectivity index is 0.000000345. The molecule has 2 aromatic rings. The fourth-order valence-corrected chi connectivity index (χ4v) is 2.71. The number of alkyl halides is 3. The number of ether oxygens (including phenoxy) is 1. The Kier molecular flexibility index (Phi) is 8.03. The molecule has 1 aliphatic rings. The molecule has 0 unspecified atom stereocenters. The third-order valence-electron chi connectivity index (χ3n) is 3.98. The van der Waals surface area contributed by atoms with Crippen molar-refractivity contribution in [2.75, 3.05) is 19.8 Å². The van der Waals surface area contributed by atoms with Gasteiger partial charge in [0.15, 0.2) is 0 Å². The highest BCUT2D eigenvalue weighted by atomic mass is 19.4. The standard InChI is InChI=1S/C15H21N3O3.C2HF3O2/c19-5-7-21-11-14-15-9-17(8-13-2-6-20-10-13)3-1-4-18(15)12-16-14;3-2(4,5)1(6)7/h2,6,10,12,19H,1,3-5,7-9,11H2;(H,6,7). The number of carboxylic acids is 1. The van der Waals surface area contributed by atoms with E-state index in [0.717, 1.165) is 38.3 Å². The molecule has 0 aromatic carbocycles. The molecule has 11 heteroatoms. The van der Waals surface area contributed by atoms with Gasteiger partial charge in [0.05, 0.1) is 50.1 Å². The van der Waals surface area contributed by atoms with Crippen molar-refractivity contribution in [2.45, 2.75) is 38.8 Å². The van der Waals surface area contributed by atoms with Crippen LogP contribution in [0.3, 0.4) is 0 Å². The Morgan fingerprint density at radius 2 is 2.11 bits per heavy atom. The van der Waals surface area contributed by atoms with E-state index in [-0.39, 0.29) is 6.61 Å². The van der Waals surface area contributed by atoms with Crippen LogP contribution in [0.2, 0.25) is 0 Å². The maximum atomic E-state index is 10.6. The molecular formula is C17H22F3N3O5. The zero-order chi connectivity index (χ0) is 20.6. The molecule has 0 amide bonds. The second kappa shape index (κ2) is 10.2. The lowest BCUT2D eigenvalue weighted by atomic mass is 10.2. The number of carbonyl (C=O) groups is 1. The van der Waals surface area contributed by atoms with E-state index >= 15 is 0 Å². The molecule has 1 aliphatic heterocycles. The van der Waals surface area contributed by atoms with Gasteiger partial charge in [0.2, 0.25) is 0 Å². The molecule has 0 saturated heterocycles. The number of aliphatic carboxylic acids is 1. The van der Waals surface area contributed by atoms with Crippen LogP contribution in [-0.2, 0) is 35.8 Å². The first-order valence-electron chi connectivity index (χ1n) is 8.56. The summed E-state index contributed by atoms with van der Waals surface area (Å²) < 4.78 is 44.5. The van der Waals surface area contributed by atoms with Gasteiger partial charge >= 0.3 is 12.1 Å². The number of aliphatic hydroxyl groups is 1. The zero-order valence-electron chi connectivity index (χ0n) is 15.1. The number of aliphatic hydroxyl groups excluding tert-OH is 1. The van der Waals surface area contributed by atoms with Crippen molar-refractivity contribution in [1.82, 2.24) is 14.5 Å². The molecule has 0 fully saturated rings. The Bertz CT molecular complexity index is 731. The highest BCUT2D eigenvalue weighted by Gasteiger charge is 2.38. The number of imidazole rings is 1. The normalized spacial score (nSPS) is 14.7. The molecule has 0 aliphatic carbocycles. The van der Waals surface area contributed by atoms with Crippen molar-refractivity contribution in [3.05, 3.63) is 41.9 Å². The topological polar surface area (TPSA) is 101 Å². The molecule has 8 nitrogen and oxygen atoms in total. The molecule has 0 bridgehead atoms. The van der Waals surface area contributed by atoms with Crippen molar-refractivity contribution in [2.24, 2.45) is 0 Å². The number of hydrogen-bond donors (Lipinski definition) is 2. The van der Waals surface area contributed by atoms with Gasteiger partial charge in [0.25, 0.3) is 0 Å². The summed E-state index contributed by atoms with van der Waals surface area (Å²) in [4.78, 5) is 15.8. The van der Waals surface area contributed by atoms with Crippen molar-refractivity contribution >= 4 is 5.97 Å². The fraction of sp³-hybridized carbons (Fsp3) is 0.529. The van der Waals surface area contributed by atoms with E-state index in [1.54, 1.807) is 12.5 Å². The minimum atomic E-state index is -5.08. The first kappa shape index (κ1) is 21.9. The van der Waals surface area contributed by atoms with Gasteiger partial charge in [-0.25, -0.2) is 9.78 Å². The quantitative estimate of drug-likeness (QED) is 0.709. The van der Waals surface area contributed by atoms with Gasteiger partial charge in [-0.2, -0.15) is 13.2 Å². The molecule has 28 heavy (non-hydrogen) atoms. The average Bonchev–Trinajstić information content (AvgIpc) is 3.21. The summed E-state index contributed by atoms with van der Waals surface area (Å²) in [5.74, 6) is -2.76. The number of nitrogens with zero attached hydrogens (tertiary/aromatic N) is 3. The third-order valence-corrected chi connectivity index (χ3v) is 3.98. The number of rotatable bonds is 6. The van der Waals surface area contributed by atoms with Crippen molar-refractivity contribution in [3.8, 4) is 0 Å². The number of fused-ring (bicyclic) bond motifs is 1. The van der Waals surface area contributed by atoms with Crippen LogP contribution in [0.25, 0.3) is 0 Å². The van der Waals surface area contributed by atoms with Crippen LogP contribution in [0.4, 0.5) is 13.2 Å². The Morgan fingerprint density at radius 3 is 2.71 bits per heavy atom. The summed E-state index contributed by atoms with van der Waals surface area (Å²) in [5, 5.41) is 15.9. The smallest absolute Gasteiger partial charge is 0.475 e.